The van der Waals surface area contributed by atoms with Crippen molar-refractivity contribution in [3.63, 3.8) is 0 Å². The van der Waals surface area contributed by atoms with Crippen LogP contribution in [0.4, 0.5) is 4.39 Å². The number of sulfonamides is 1. The van der Waals surface area contributed by atoms with Crippen molar-refractivity contribution in [2.45, 2.75) is 56.3 Å². The number of benzene rings is 2. The number of carbonyl (C=O) groups excluding carboxylic acids is 2. The van der Waals surface area contributed by atoms with Gasteiger partial charge in [0.1, 0.15) is 22.6 Å². The molecular formula is C29H34FN5O7S. The Hall–Kier alpha value is -4.17. The second-order valence-electron chi connectivity index (χ2n) is 10.4. The molecule has 1 saturated heterocycles. The molecule has 0 aliphatic carbocycles. The number of methoxy groups -OCH3 is 1. The van der Waals surface area contributed by atoms with Gasteiger partial charge in [-0.3, -0.25) is 14.3 Å². The van der Waals surface area contributed by atoms with E-state index in [-0.39, 0.29) is 55.6 Å². The van der Waals surface area contributed by atoms with Gasteiger partial charge in [0.15, 0.2) is 18.1 Å². The summed E-state index contributed by atoms with van der Waals surface area (Å²) in [6.07, 6.45) is 2.88. The molecule has 2 amide bonds. The summed E-state index contributed by atoms with van der Waals surface area (Å²) in [7, 11) is -2.43. The van der Waals surface area contributed by atoms with Gasteiger partial charge in [-0.2, -0.15) is 9.40 Å². The fourth-order valence-corrected chi connectivity index (χ4v) is 6.53. The minimum Gasteiger partial charge on any atom is -0.493 e. The fourth-order valence-electron chi connectivity index (χ4n) is 5.09. The number of nitrogens with one attached hydrogen (secondary N) is 2. The molecule has 230 valence electrons. The van der Waals surface area contributed by atoms with Crippen molar-refractivity contribution in [2.75, 3.05) is 26.8 Å². The van der Waals surface area contributed by atoms with Crippen molar-refractivity contribution >= 4 is 21.8 Å². The fraction of sp³-hybridized carbons (Fsp3) is 0.414. The zero-order valence-electron chi connectivity index (χ0n) is 23.9. The topological polar surface area (TPSA) is 141 Å². The first-order valence-electron chi connectivity index (χ1n) is 14.0. The highest BCUT2D eigenvalue weighted by Crippen LogP contribution is 2.29. The normalized spacial score (nSPS) is 20.3. The summed E-state index contributed by atoms with van der Waals surface area (Å²) >= 11 is 0. The van der Waals surface area contributed by atoms with Crippen molar-refractivity contribution in [3.05, 3.63) is 65.7 Å². The Labute approximate surface area is 249 Å². The highest BCUT2D eigenvalue weighted by molar-refractivity contribution is 7.89. The van der Waals surface area contributed by atoms with E-state index < -0.39 is 33.9 Å². The van der Waals surface area contributed by atoms with E-state index in [1.165, 1.54) is 40.6 Å². The number of amides is 2. The Morgan fingerprint density at radius 2 is 1.95 bits per heavy atom. The standard InChI is InChI=1S/C29H34FN5O7S/c1-3-34-16-23(15-32-34)43(38,39)35-9-8-25-24(17-35)33-29(37)18-41-27-12-19(4-6-26(27)40-2)5-7-28(36)31-14-20-10-21(30)13-22(11-20)42-25/h4,6,10-13,15-16,24-25H,3,5,7-9,14,17-18H2,1-2H3,(H,31,36)(H,33,37)/t24-,25-/m1/s1. The number of nitrogens with zero attached hydrogens (tertiary/aromatic N) is 3. The predicted molar refractivity (Wildman–Crippen MR) is 153 cm³/mol. The molecule has 3 heterocycles. The number of halogens is 1. The minimum atomic E-state index is -3.91. The Bertz CT molecular complexity index is 1600. The molecule has 14 heteroatoms. The number of ether oxygens (including phenoxy) is 3. The van der Waals surface area contributed by atoms with Crippen molar-refractivity contribution < 1.29 is 36.6 Å². The molecule has 2 aliphatic heterocycles. The third-order valence-electron chi connectivity index (χ3n) is 7.37. The number of piperidine rings is 1. The van der Waals surface area contributed by atoms with Gasteiger partial charge in [0.05, 0.1) is 19.3 Å². The van der Waals surface area contributed by atoms with Crippen LogP contribution < -0.4 is 24.8 Å². The molecule has 43 heavy (non-hydrogen) atoms. The molecule has 0 radical (unpaired) electrons. The summed E-state index contributed by atoms with van der Waals surface area (Å²) in [6.45, 7) is 2.08. The van der Waals surface area contributed by atoms with E-state index in [2.05, 4.69) is 15.7 Å². The molecule has 3 aromatic rings. The van der Waals surface area contributed by atoms with Gasteiger partial charge in [-0.15, -0.1) is 0 Å². The zero-order chi connectivity index (χ0) is 30.6. The lowest BCUT2D eigenvalue weighted by Crippen LogP contribution is -2.58. The SMILES string of the molecule is CCn1cc(S(=O)(=O)N2CC[C@H]3Oc4cc(F)cc(c4)CNC(=O)CCc4ccc(OC)c(c4)OCC(=O)N[C@@H]3C2)cn1. The van der Waals surface area contributed by atoms with Gasteiger partial charge in [-0.05, 0) is 48.7 Å². The second-order valence-corrected chi connectivity index (χ2v) is 12.3. The monoisotopic (exact) mass is 615 g/mol. The minimum absolute atomic E-state index is 0.0485. The molecule has 5 rings (SSSR count). The Morgan fingerprint density at radius 1 is 1.12 bits per heavy atom. The summed E-state index contributed by atoms with van der Waals surface area (Å²) < 4.78 is 61.6. The van der Waals surface area contributed by atoms with E-state index in [1.54, 1.807) is 24.3 Å². The smallest absolute Gasteiger partial charge is 0.258 e. The summed E-state index contributed by atoms with van der Waals surface area (Å²) in [6, 6.07) is 8.56. The lowest BCUT2D eigenvalue weighted by molar-refractivity contribution is -0.125. The second kappa shape index (κ2) is 13.0. The van der Waals surface area contributed by atoms with Crippen LogP contribution in [0.1, 0.15) is 30.9 Å². The molecule has 12 nitrogen and oxygen atoms in total. The maximum absolute atomic E-state index is 14.6. The van der Waals surface area contributed by atoms with Crippen molar-refractivity contribution in [1.82, 2.24) is 24.7 Å². The van der Waals surface area contributed by atoms with Crippen LogP contribution in [0.2, 0.25) is 0 Å². The van der Waals surface area contributed by atoms with Gasteiger partial charge in [-0.25, -0.2) is 12.8 Å². The third kappa shape index (κ3) is 7.25. The Morgan fingerprint density at radius 3 is 2.72 bits per heavy atom. The number of hydrogen-bond acceptors (Lipinski definition) is 8. The lowest BCUT2D eigenvalue weighted by atomic mass is 10.0. The lowest BCUT2D eigenvalue weighted by Gasteiger charge is -2.38. The number of aromatic nitrogens is 2. The number of rotatable bonds is 4. The van der Waals surface area contributed by atoms with Gasteiger partial charge in [0.25, 0.3) is 5.91 Å². The predicted octanol–water partition coefficient (Wildman–Crippen LogP) is 2.02. The van der Waals surface area contributed by atoms with Crippen LogP contribution >= 0.6 is 0 Å². The maximum Gasteiger partial charge on any atom is 0.258 e. The third-order valence-corrected chi connectivity index (χ3v) is 9.18. The van der Waals surface area contributed by atoms with Crippen LogP contribution in [0.25, 0.3) is 0 Å². The van der Waals surface area contributed by atoms with Crippen LogP contribution in [0.15, 0.2) is 53.7 Å². The molecule has 2 atom stereocenters. The molecule has 0 unspecified atom stereocenters. The van der Waals surface area contributed by atoms with Gasteiger partial charge >= 0.3 is 0 Å². The molecule has 2 aromatic carbocycles. The van der Waals surface area contributed by atoms with E-state index in [4.69, 9.17) is 14.2 Å². The van der Waals surface area contributed by atoms with Gasteiger partial charge in [-0.1, -0.05) is 6.07 Å². The van der Waals surface area contributed by atoms with E-state index in [0.717, 1.165) is 5.56 Å². The van der Waals surface area contributed by atoms with Crippen LogP contribution in [0.3, 0.4) is 0 Å². The van der Waals surface area contributed by atoms with Crippen LogP contribution in [-0.4, -0.2) is 73.3 Å². The summed E-state index contributed by atoms with van der Waals surface area (Å²) in [5, 5.41) is 9.75. The van der Waals surface area contributed by atoms with Crippen LogP contribution in [-0.2, 0) is 39.1 Å². The Balaban J connectivity index is 1.43. The molecule has 2 N–H and O–H groups in total. The van der Waals surface area contributed by atoms with E-state index in [0.29, 0.717) is 30.0 Å². The number of aryl methyl sites for hydroxylation is 2. The van der Waals surface area contributed by atoms with Gasteiger partial charge in [0, 0.05) is 51.3 Å². The molecule has 0 saturated carbocycles. The summed E-state index contributed by atoms with van der Waals surface area (Å²) in [5.41, 5.74) is 1.30. The first kappa shape index (κ1) is 30.3. The molecular weight excluding hydrogens is 581 g/mol. The highest BCUT2D eigenvalue weighted by Gasteiger charge is 2.38. The van der Waals surface area contributed by atoms with Crippen LogP contribution in [0, 0.1) is 5.82 Å². The van der Waals surface area contributed by atoms with Gasteiger partial charge < -0.3 is 24.8 Å². The number of carbonyl (C=O) groups is 2. The van der Waals surface area contributed by atoms with E-state index in [9.17, 15) is 22.4 Å². The van der Waals surface area contributed by atoms with Crippen molar-refractivity contribution in [1.29, 1.82) is 0 Å². The molecule has 2 aliphatic rings. The summed E-state index contributed by atoms with van der Waals surface area (Å²) in [5.74, 6) is -0.335. The van der Waals surface area contributed by atoms with E-state index >= 15 is 0 Å². The quantitative estimate of drug-likeness (QED) is 0.454. The van der Waals surface area contributed by atoms with Crippen molar-refractivity contribution in [3.8, 4) is 17.2 Å². The van der Waals surface area contributed by atoms with Gasteiger partial charge in [0.2, 0.25) is 15.9 Å². The maximum atomic E-state index is 14.6. The molecule has 0 spiro atoms. The number of fused-ring (bicyclic) bond motifs is 5. The first-order valence-corrected chi connectivity index (χ1v) is 15.4. The largest absolute Gasteiger partial charge is 0.493 e. The average molecular weight is 616 g/mol. The average Bonchev–Trinajstić information content (AvgIpc) is 3.49. The summed E-state index contributed by atoms with van der Waals surface area (Å²) in [4.78, 5) is 25.7. The molecule has 1 aromatic heterocycles. The zero-order valence-corrected chi connectivity index (χ0v) is 24.7. The molecule has 4 bridgehead atoms. The highest BCUT2D eigenvalue weighted by atomic mass is 32.2. The van der Waals surface area contributed by atoms with E-state index in [1.807, 2.05) is 6.92 Å². The van der Waals surface area contributed by atoms with Crippen molar-refractivity contribution in [2.24, 2.45) is 0 Å². The molecule has 1 fully saturated rings. The first-order chi connectivity index (χ1) is 20.6. The Kier molecular flexibility index (Phi) is 9.16. The van der Waals surface area contributed by atoms with Crippen LogP contribution in [0.5, 0.6) is 17.2 Å². The number of hydrogen-bond donors (Lipinski definition) is 2.